The molecular weight excluding hydrogens is 194 g/mol. The monoisotopic (exact) mass is 209 g/mol. The van der Waals surface area contributed by atoms with Crippen molar-refractivity contribution in [3.8, 4) is 17.7 Å². The molecule has 0 heterocycles. The van der Waals surface area contributed by atoms with Crippen LogP contribution in [0.5, 0.6) is 0 Å². The number of nitrogens with zero attached hydrogens (tertiary/aromatic N) is 1. The second kappa shape index (κ2) is 6.42. The van der Waals surface area contributed by atoms with Crippen LogP contribution in [0.15, 0.2) is 54.6 Å². The van der Waals surface area contributed by atoms with Crippen molar-refractivity contribution in [2.45, 2.75) is 13.3 Å². The molecule has 0 aliphatic carbocycles. The lowest BCUT2D eigenvalue weighted by Gasteiger charge is -2.06. The van der Waals surface area contributed by atoms with Gasteiger partial charge in [-0.05, 0) is 23.1 Å². The Morgan fingerprint density at radius 1 is 0.875 bits per heavy atom. The summed E-state index contributed by atoms with van der Waals surface area (Å²) in [6, 6.07) is 19.1. The third-order valence-corrected chi connectivity index (χ3v) is 2.48. The summed E-state index contributed by atoms with van der Waals surface area (Å²) in [6.07, 6.45) is 1.09. The summed E-state index contributed by atoms with van der Waals surface area (Å²) >= 11 is 0. The van der Waals surface area contributed by atoms with Crippen molar-refractivity contribution >= 4 is 0 Å². The average Bonchev–Trinajstić information content (AvgIpc) is 2.42. The molecule has 0 N–H and O–H groups in total. The van der Waals surface area contributed by atoms with Gasteiger partial charge >= 0.3 is 0 Å². The van der Waals surface area contributed by atoms with Gasteiger partial charge in [-0.15, -0.1) is 0 Å². The Kier molecular flexibility index (Phi) is 4.82. The molecule has 0 fully saturated rings. The highest BCUT2D eigenvalue weighted by molar-refractivity contribution is 5.67. The molecule has 2 rings (SSSR count). The quantitative estimate of drug-likeness (QED) is 0.731. The van der Waals surface area contributed by atoms with Crippen molar-refractivity contribution < 1.29 is 0 Å². The molecule has 0 aromatic heterocycles. The first kappa shape index (κ1) is 12.0. The maximum absolute atomic E-state index is 6.50. The first-order valence-corrected chi connectivity index (χ1v) is 5.31. The average molecular weight is 209 g/mol. The van der Waals surface area contributed by atoms with Crippen molar-refractivity contribution in [2.75, 3.05) is 0 Å². The van der Waals surface area contributed by atoms with Gasteiger partial charge in [-0.1, -0.05) is 61.5 Å². The lowest BCUT2D eigenvalue weighted by atomic mass is 9.98. The fraction of sp³-hybridized carbons (Fsp3) is 0.133. The van der Waals surface area contributed by atoms with Gasteiger partial charge in [-0.2, -0.15) is 0 Å². The minimum Gasteiger partial charge on any atom is -0.202 e. The predicted octanol–water partition coefficient (Wildman–Crippen LogP) is 4.06. The first-order chi connectivity index (χ1) is 7.92. The molecule has 0 saturated carbocycles. The predicted molar refractivity (Wildman–Crippen MR) is 67.9 cm³/mol. The van der Waals surface area contributed by atoms with E-state index in [1.807, 2.05) is 0 Å². The van der Waals surface area contributed by atoms with Crippen LogP contribution in [0.2, 0.25) is 0 Å². The molecule has 2 aromatic carbocycles. The van der Waals surface area contributed by atoms with E-state index in [0.29, 0.717) is 0 Å². The smallest absolute Gasteiger partial charge is 0.0462 e. The summed E-state index contributed by atoms with van der Waals surface area (Å²) in [6.45, 7) is 5.70. The van der Waals surface area contributed by atoms with E-state index in [-0.39, 0.29) is 0 Å². The van der Waals surface area contributed by atoms with Crippen LogP contribution in [0.3, 0.4) is 0 Å². The van der Waals surface area contributed by atoms with Crippen LogP contribution >= 0.6 is 0 Å². The molecule has 0 atom stereocenters. The minimum absolute atomic E-state index is 1.09. The van der Waals surface area contributed by atoms with E-state index in [9.17, 15) is 0 Å². The highest BCUT2D eigenvalue weighted by Gasteiger charge is 2.00. The Balaban J connectivity index is 0.000000606. The van der Waals surface area contributed by atoms with Crippen LogP contribution in [0.1, 0.15) is 12.5 Å². The van der Waals surface area contributed by atoms with Gasteiger partial charge in [0, 0.05) is 6.57 Å². The summed E-state index contributed by atoms with van der Waals surface area (Å²) in [5.74, 6) is 0. The van der Waals surface area contributed by atoms with Crippen LogP contribution < -0.4 is 0 Å². The molecule has 1 nitrogen and oxygen atoms in total. The Bertz CT molecular complexity index is 443. The fourth-order valence-electron chi connectivity index (χ4n) is 1.73. The van der Waals surface area contributed by atoms with Gasteiger partial charge in [0.25, 0.3) is 0 Å². The molecular formula is C15H15N. The standard InChI is InChI=1S/C14H14.CHN/c1-2-12-8-6-7-11-14(12)13-9-4-3-5-10-13;1-2/h3-11H,2H2,1H3;1H. The third kappa shape index (κ3) is 2.71. The van der Waals surface area contributed by atoms with Gasteiger partial charge in [0.2, 0.25) is 0 Å². The molecule has 0 aliphatic heterocycles. The summed E-state index contributed by atoms with van der Waals surface area (Å²) in [5, 5.41) is 6.50. The molecule has 2 aromatic rings. The summed E-state index contributed by atoms with van der Waals surface area (Å²) in [7, 11) is 0. The zero-order chi connectivity index (χ0) is 11.8. The minimum atomic E-state index is 1.09. The Labute approximate surface area is 97.0 Å². The SMILES string of the molecule is C#N.CCc1ccccc1-c1ccccc1. The molecule has 0 aliphatic rings. The maximum atomic E-state index is 6.50. The Morgan fingerprint density at radius 3 is 2.06 bits per heavy atom. The summed E-state index contributed by atoms with van der Waals surface area (Å²) in [5.41, 5.74) is 4.08. The molecule has 16 heavy (non-hydrogen) atoms. The number of nitriles is 1. The molecule has 0 radical (unpaired) electrons. The molecule has 0 bridgehead atoms. The van der Waals surface area contributed by atoms with Crippen molar-refractivity contribution in [3.63, 3.8) is 0 Å². The van der Waals surface area contributed by atoms with Gasteiger partial charge in [0.1, 0.15) is 0 Å². The van der Waals surface area contributed by atoms with Crippen LogP contribution in [0, 0.1) is 11.8 Å². The number of hydrogen-bond acceptors (Lipinski definition) is 1. The van der Waals surface area contributed by atoms with E-state index in [0.717, 1.165) is 6.42 Å². The maximum Gasteiger partial charge on any atom is 0.0462 e. The Morgan fingerprint density at radius 2 is 1.44 bits per heavy atom. The number of benzene rings is 2. The number of aryl methyl sites for hydroxylation is 1. The zero-order valence-corrected chi connectivity index (χ0v) is 9.43. The van der Waals surface area contributed by atoms with E-state index in [4.69, 9.17) is 5.26 Å². The Hall–Kier alpha value is -2.07. The van der Waals surface area contributed by atoms with Crippen molar-refractivity contribution in [2.24, 2.45) is 0 Å². The first-order valence-electron chi connectivity index (χ1n) is 5.31. The molecule has 0 unspecified atom stereocenters. The second-order valence-corrected chi connectivity index (χ2v) is 3.38. The second-order valence-electron chi connectivity index (χ2n) is 3.38. The molecule has 0 amide bonds. The third-order valence-electron chi connectivity index (χ3n) is 2.48. The van der Waals surface area contributed by atoms with Crippen molar-refractivity contribution in [3.05, 3.63) is 60.2 Å². The van der Waals surface area contributed by atoms with Crippen molar-refractivity contribution in [1.82, 2.24) is 0 Å². The topological polar surface area (TPSA) is 23.8 Å². The summed E-state index contributed by atoms with van der Waals surface area (Å²) < 4.78 is 0. The van der Waals surface area contributed by atoms with Crippen molar-refractivity contribution in [1.29, 1.82) is 5.26 Å². The fourth-order valence-corrected chi connectivity index (χ4v) is 1.73. The molecule has 80 valence electrons. The van der Waals surface area contributed by atoms with E-state index >= 15 is 0 Å². The van der Waals surface area contributed by atoms with Gasteiger partial charge < -0.3 is 0 Å². The highest BCUT2D eigenvalue weighted by Crippen LogP contribution is 2.23. The lowest BCUT2D eigenvalue weighted by molar-refractivity contribution is 1.14. The van der Waals surface area contributed by atoms with Crippen LogP contribution in [0.25, 0.3) is 11.1 Å². The lowest BCUT2D eigenvalue weighted by Crippen LogP contribution is -1.85. The van der Waals surface area contributed by atoms with Crippen LogP contribution in [-0.4, -0.2) is 0 Å². The van der Waals surface area contributed by atoms with E-state index in [2.05, 4.69) is 68.1 Å². The largest absolute Gasteiger partial charge is 0.202 e. The molecule has 0 spiro atoms. The highest BCUT2D eigenvalue weighted by atomic mass is 14.2. The van der Waals surface area contributed by atoms with E-state index < -0.39 is 0 Å². The molecule has 0 saturated heterocycles. The van der Waals surface area contributed by atoms with Gasteiger partial charge in [0.05, 0.1) is 0 Å². The normalized spacial score (nSPS) is 8.94. The van der Waals surface area contributed by atoms with Gasteiger partial charge in [-0.25, -0.2) is 5.26 Å². The molecule has 1 heteroatoms. The van der Waals surface area contributed by atoms with Crippen LogP contribution in [-0.2, 0) is 6.42 Å². The van der Waals surface area contributed by atoms with Gasteiger partial charge in [-0.3, -0.25) is 0 Å². The summed E-state index contributed by atoms with van der Waals surface area (Å²) in [4.78, 5) is 0. The van der Waals surface area contributed by atoms with Crippen LogP contribution in [0.4, 0.5) is 0 Å². The van der Waals surface area contributed by atoms with Gasteiger partial charge in [0.15, 0.2) is 0 Å². The van der Waals surface area contributed by atoms with E-state index in [1.165, 1.54) is 16.7 Å². The number of hydrogen-bond donors (Lipinski definition) is 0. The van der Waals surface area contributed by atoms with E-state index in [1.54, 1.807) is 0 Å². The zero-order valence-electron chi connectivity index (χ0n) is 9.43. The number of rotatable bonds is 2.